The number of rotatable bonds is 2. The van der Waals surface area contributed by atoms with Crippen LogP contribution in [0.3, 0.4) is 0 Å². The number of thiophene rings is 1. The molecule has 0 fully saturated rings. The average molecular weight is 604 g/mol. The molecule has 2 heterocycles. The van der Waals surface area contributed by atoms with Gasteiger partial charge in [-0.05, 0) is 103 Å². The van der Waals surface area contributed by atoms with Crippen molar-refractivity contribution in [2.24, 2.45) is 0 Å². The van der Waals surface area contributed by atoms with Crippen molar-refractivity contribution in [2.75, 3.05) is 4.90 Å². The molecule has 1 aliphatic heterocycles. The van der Waals surface area contributed by atoms with E-state index in [0.717, 1.165) is 6.42 Å². The van der Waals surface area contributed by atoms with E-state index >= 15 is 0 Å². The van der Waals surface area contributed by atoms with Crippen LogP contribution in [0.1, 0.15) is 28.3 Å². The zero-order valence-electron chi connectivity index (χ0n) is 25.2. The van der Waals surface area contributed by atoms with E-state index in [4.69, 9.17) is 0 Å². The Balaban J connectivity index is 1.31. The van der Waals surface area contributed by atoms with Crippen molar-refractivity contribution in [2.45, 2.75) is 12.3 Å². The van der Waals surface area contributed by atoms with Gasteiger partial charge in [-0.25, -0.2) is 0 Å². The van der Waals surface area contributed by atoms with E-state index in [1.54, 1.807) is 0 Å². The molecule has 2 aliphatic rings. The Bertz CT molecular complexity index is 2560. The molecular weight excluding hydrogens is 575 g/mol. The summed E-state index contributed by atoms with van der Waals surface area (Å²) in [5.74, 6) is 0.250. The van der Waals surface area contributed by atoms with Gasteiger partial charge in [0, 0.05) is 26.6 Å². The summed E-state index contributed by atoms with van der Waals surface area (Å²) in [6.45, 7) is 0. The maximum Gasteiger partial charge on any atom is 0.0551 e. The summed E-state index contributed by atoms with van der Waals surface area (Å²) in [6, 6.07) is 49.7. The van der Waals surface area contributed by atoms with Gasteiger partial charge in [-0.15, -0.1) is 11.3 Å². The zero-order valence-corrected chi connectivity index (χ0v) is 26.0. The van der Waals surface area contributed by atoms with E-state index in [1.807, 2.05) is 11.3 Å². The van der Waals surface area contributed by atoms with Crippen molar-refractivity contribution in [1.82, 2.24) is 0 Å². The van der Waals surface area contributed by atoms with Crippen molar-refractivity contribution in [3.63, 3.8) is 0 Å². The van der Waals surface area contributed by atoms with Gasteiger partial charge in [-0.2, -0.15) is 0 Å². The number of fused-ring (bicyclic) bond motifs is 7. The molecule has 1 aliphatic carbocycles. The fraction of sp³-hybridized carbons (Fsp3) is 0.0455. The van der Waals surface area contributed by atoms with Gasteiger partial charge < -0.3 is 4.90 Å². The van der Waals surface area contributed by atoms with Crippen LogP contribution in [0.5, 0.6) is 0 Å². The minimum Gasteiger partial charge on any atom is -0.310 e. The van der Waals surface area contributed by atoms with E-state index in [1.165, 1.54) is 86.6 Å². The summed E-state index contributed by atoms with van der Waals surface area (Å²) in [6.07, 6.45) is 10.1. The molecule has 8 aromatic rings. The molecule has 0 saturated carbocycles. The molecule has 0 spiro atoms. The monoisotopic (exact) mass is 603 g/mol. The highest BCUT2D eigenvalue weighted by Gasteiger charge is 2.33. The SMILES string of the molecule is C1=CCC2c3cc(-c4ccccc4)ccc3N(c3ccc4ccc5ccc6ccccc6c5c4c3)c3cccc4sc(c2c34)C=C1. The number of hydrogen-bond donors (Lipinski definition) is 0. The maximum absolute atomic E-state index is 2.54. The topological polar surface area (TPSA) is 3.24 Å². The van der Waals surface area contributed by atoms with Crippen LogP contribution in [0.4, 0.5) is 17.1 Å². The minimum absolute atomic E-state index is 0.250. The molecule has 0 amide bonds. The highest BCUT2D eigenvalue weighted by atomic mass is 32.1. The van der Waals surface area contributed by atoms with Gasteiger partial charge in [-0.3, -0.25) is 0 Å². The van der Waals surface area contributed by atoms with E-state index in [0.29, 0.717) is 0 Å². The van der Waals surface area contributed by atoms with Crippen LogP contribution in [-0.4, -0.2) is 0 Å². The number of anilines is 3. The molecule has 10 rings (SSSR count). The molecule has 1 unspecified atom stereocenters. The van der Waals surface area contributed by atoms with Crippen molar-refractivity contribution >= 4 is 76.9 Å². The lowest BCUT2D eigenvalue weighted by Gasteiger charge is -2.29. The minimum atomic E-state index is 0.250. The van der Waals surface area contributed by atoms with Gasteiger partial charge in [0.15, 0.2) is 0 Å². The molecular formula is C44H29NS. The Morgan fingerprint density at radius 1 is 0.565 bits per heavy atom. The first-order valence-electron chi connectivity index (χ1n) is 16.0. The second-order valence-electron chi connectivity index (χ2n) is 12.4. The summed E-state index contributed by atoms with van der Waals surface area (Å²) >= 11 is 1.92. The molecule has 7 aromatic carbocycles. The normalized spacial score (nSPS) is 15.3. The fourth-order valence-electron chi connectivity index (χ4n) is 7.87. The van der Waals surface area contributed by atoms with Crippen molar-refractivity contribution in [3.05, 3.63) is 168 Å². The van der Waals surface area contributed by atoms with Gasteiger partial charge in [0.2, 0.25) is 0 Å². The molecule has 216 valence electrons. The lowest BCUT2D eigenvalue weighted by Crippen LogP contribution is -2.12. The first kappa shape index (κ1) is 25.8. The number of hydrogen-bond acceptors (Lipinski definition) is 2. The van der Waals surface area contributed by atoms with Crippen LogP contribution in [-0.2, 0) is 0 Å². The van der Waals surface area contributed by atoms with Gasteiger partial charge in [-0.1, -0.05) is 115 Å². The fourth-order valence-corrected chi connectivity index (χ4v) is 9.07. The second-order valence-corrected chi connectivity index (χ2v) is 13.5. The van der Waals surface area contributed by atoms with Crippen LogP contribution in [0.15, 0.2) is 152 Å². The van der Waals surface area contributed by atoms with Crippen LogP contribution in [0.25, 0.3) is 59.6 Å². The highest BCUT2D eigenvalue weighted by molar-refractivity contribution is 7.20. The first-order valence-corrected chi connectivity index (χ1v) is 16.9. The van der Waals surface area contributed by atoms with Crippen LogP contribution in [0.2, 0.25) is 0 Å². The molecule has 2 heteroatoms. The van der Waals surface area contributed by atoms with E-state index in [2.05, 4.69) is 163 Å². The third kappa shape index (κ3) is 3.81. The summed E-state index contributed by atoms with van der Waals surface area (Å²) in [5.41, 5.74) is 9.05. The molecule has 1 aromatic heterocycles. The Morgan fingerprint density at radius 2 is 1.37 bits per heavy atom. The molecule has 1 atom stereocenters. The number of allylic oxidation sites excluding steroid dienone is 3. The smallest absolute Gasteiger partial charge is 0.0551 e. The van der Waals surface area contributed by atoms with E-state index < -0.39 is 0 Å². The molecule has 0 N–H and O–H groups in total. The van der Waals surface area contributed by atoms with Gasteiger partial charge >= 0.3 is 0 Å². The predicted octanol–water partition coefficient (Wildman–Crippen LogP) is 12.9. The Kier molecular flexibility index (Phi) is 5.64. The molecule has 0 radical (unpaired) electrons. The quantitative estimate of drug-likeness (QED) is 0.178. The predicted molar refractivity (Wildman–Crippen MR) is 199 cm³/mol. The Morgan fingerprint density at radius 3 is 2.28 bits per heavy atom. The van der Waals surface area contributed by atoms with E-state index in [-0.39, 0.29) is 5.92 Å². The van der Waals surface area contributed by atoms with Gasteiger partial charge in [0.1, 0.15) is 0 Å². The third-order valence-electron chi connectivity index (χ3n) is 9.93. The molecule has 0 bridgehead atoms. The number of nitrogens with zero attached hydrogens (tertiary/aromatic N) is 1. The third-order valence-corrected chi connectivity index (χ3v) is 11.1. The molecule has 46 heavy (non-hydrogen) atoms. The summed E-state index contributed by atoms with van der Waals surface area (Å²) in [5, 5.41) is 9.11. The Hall–Kier alpha value is -5.44. The molecule has 1 nitrogen and oxygen atoms in total. The van der Waals surface area contributed by atoms with Crippen molar-refractivity contribution in [3.8, 4) is 11.1 Å². The summed E-state index contributed by atoms with van der Waals surface area (Å²) in [7, 11) is 0. The lowest BCUT2D eigenvalue weighted by atomic mass is 9.84. The standard InChI is InChI=1S/C44H29NS/c1-3-10-28(11-4-1)32-23-25-38-37(26-32)35-14-5-2-6-16-40-43(35)44-39(15-9-17-41(44)46-40)45(38)33-24-22-30-19-21-31-20-18-29-12-7-8-13-34(29)42(31)36(30)27-33/h1-13,15-27,35H,14H2. The van der Waals surface area contributed by atoms with Crippen molar-refractivity contribution < 1.29 is 0 Å². The average Bonchev–Trinajstić information content (AvgIpc) is 3.41. The Labute approximate surface area is 272 Å². The summed E-state index contributed by atoms with van der Waals surface area (Å²) in [4.78, 5) is 3.91. The lowest BCUT2D eigenvalue weighted by molar-refractivity contribution is 0.841. The zero-order chi connectivity index (χ0) is 30.2. The van der Waals surface area contributed by atoms with E-state index in [9.17, 15) is 0 Å². The highest BCUT2D eigenvalue weighted by Crippen LogP contribution is 2.55. The largest absolute Gasteiger partial charge is 0.310 e. The first-order chi connectivity index (χ1) is 22.8. The second kappa shape index (κ2) is 10.0. The van der Waals surface area contributed by atoms with Crippen LogP contribution >= 0.6 is 11.3 Å². The van der Waals surface area contributed by atoms with Gasteiger partial charge in [0.05, 0.1) is 11.4 Å². The van der Waals surface area contributed by atoms with Crippen molar-refractivity contribution in [1.29, 1.82) is 0 Å². The summed E-state index contributed by atoms with van der Waals surface area (Å²) < 4.78 is 1.34. The maximum atomic E-state index is 2.54. The van der Waals surface area contributed by atoms with Crippen LogP contribution < -0.4 is 4.90 Å². The number of benzene rings is 7. The molecule has 0 saturated heterocycles. The van der Waals surface area contributed by atoms with Gasteiger partial charge in [0.25, 0.3) is 0 Å². The van der Waals surface area contributed by atoms with Crippen LogP contribution in [0, 0.1) is 0 Å².